The highest BCUT2D eigenvalue weighted by atomic mass is 127. The second-order valence-corrected chi connectivity index (χ2v) is 4.51. The fourth-order valence-corrected chi connectivity index (χ4v) is 2.13. The Bertz CT molecular complexity index is 429. The van der Waals surface area contributed by atoms with Crippen LogP contribution in [0.2, 0.25) is 0 Å². The maximum absolute atomic E-state index is 2.37. The Kier molecular flexibility index (Phi) is 2.87. The van der Waals surface area contributed by atoms with Crippen molar-refractivity contribution in [3.8, 4) is 11.1 Å². The molecule has 0 aliphatic carbocycles. The lowest BCUT2D eigenvalue weighted by molar-refractivity contribution is 1.46. The topological polar surface area (TPSA) is 0 Å². The van der Waals surface area contributed by atoms with Crippen LogP contribution in [0.3, 0.4) is 0 Å². The number of halogens is 1. The molecule has 0 aromatic heterocycles. The molecule has 0 amide bonds. The van der Waals surface area contributed by atoms with Crippen LogP contribution in [-0.4, -0.2) is 0 Å². The zero-order valence-electron chi connectivity index (χ0n) is 8.00. The van der Waals surface area contributed by atoms with Crippen LogP contribution in [0.1, 0.15) is 5.56 Å². The van der Waals surface area contributed by atoms with Crippen molar-refractivity contribution in [1.29, 1.82) is 0 Å². The number of hydrogen-bond acceptors (Lipinski definition) is 0. The highest BCUT2D eigenvalue weighted by Gasteiger charge is 2.00. The second-order valence-electron chi connectivity index (χ2n) is 3.35. The molecule has 0 atom stereocenters. The molecule has 0 radical (unpaired) electrons. The maximum Gasteiger partial charge on any atom is 0.0208 e. The first kappa shape index (κ1) is 9.71. The summed E-state index contributed by atoms with van der Waals surface area (Å²) in [6.07, 6.45) is 0. The van der Waals surface area contributed by atoms with E-state index >= 15 is 0 Å². The Hall–Kier alpha value is -0.830. The quantitative estimate of drug-likeness (QED) is 0.689. The highest BCUT2D eigenvalue weighted by Crippen LogP contribution is 2.24. The van der Waals surface area contributed by atoms with Crippen LogP contribution in [0.4, 0.5) is 0 Å². The van der Waals surface area contributed by atoms with Crippen molar-refractivity contribution in [2.24, 2.45) is 0 Å². The largest absolute Gasteiger partial charge is 0.0616 e. The van der Waals surface area contributed by atoms with Gasteiger partial charge in [0, 0.05) is 3.57 Å². The molecule has 0 bridgehead atoms. The Balaban J connectivity index is 2.50. The molecule has 0 fully saturated rings. The van der Waals surface area contributed by atoms with Gasteiger partial charge in [-0.15, -0.1) is 0 Å². The van der Waals surface area contributed by atoms with Crippen molar-refractivity contribution in [2.45, 2.75) is 6.92 Å². The van der Waals surface area contributed by atoms with E-state index in [-0.39, 0.29) is 0 Å². The minimum absolute atomic E-state index is 1.29. The van der Waals surface area contributed by atoms with Crippen LogP contribution in [0.15, 0.2) is 48.5 Å². The molecule has 0 unspecified atom stereocenters. The molecule has 0 saturated carbocycles. The fraction of sp³-hybridized carbons (Fsp3) is 0.0769. The van der Waals surface area contributed by atoms with E-state index in [2.05, 4.69) is 78.0 Å². The molecule has 2 aromatic rings. The zero-order valence-corrected chi connectivity index (χ0v) is 10.2. The van der Waals surface area contributed by atoms with E-state index in [1.165, 1.54) is 20.3 Å². The number of aryl methyl sites for hydroxylation is 1. The molecular formula is C13H11I. The summed E-state index contributed by atoms with van der Waals surface area (Å²) in [6.45, 7) is 2.11. The summed E-state index contributed by atoms with van der Waals surface area (Å²) < 4.78 is 1.30. The van der Waals surface area contributed by atoms with E-state index < -0.39 is 0 Å². The molecule has 0 N–H and O–H groups in total. The molecule has 0 heterocycles. The molecule has 14 heavy (non-hydrogen) atoms. The molecule has 0 saturated heterocycles. The fourth-order valence-electron chi connectivity index (χ4n) is 1.43. The molecular weight excluding hydrogens is 283 g/mol. The van der Waals surface area contributed by atoms with E-state index in [1.807, 2.05) is 0 Å². The van der Waals surface area contributed by atoms with E-state index in [9.17, 15) is 0 Å². The third-order valence-corrected chi connectivity index (χ3v) is 3.18. The summed E-state index contributed by atoms with van der Waals surface area (Å²) in [5.41, 5.74) is 3.91. The smallest absolute Gasteiger partial charge is 0.0208 e. The molecule has 0 aliphatic heterocycles. The summed E-state index contributed by atoms with van der Waals surface area (Å²) in [4.78, 5) is 0. The van der Waals surface area contributed by atoms with Crippen molar-refractivity contribution in [1.82, 2.24) is 0 Å². The van der Waals surface area contributed by atoms with Gasteiger partial charge in [-0.3, -0.25) is 0 Å². The number of hydrogen-bond donors (Lipinski definition) is 0. The van der Waals surface area contributed by atoms with Crippen molar-refractivity contribution < 1.29 is 0 Å². The SMILES string of the molecule is Cc1ccc(-c2ccccc2I)cc1. The summed E-state index contributed by atoms with van der Waals surface area (Å²) in [5, 5.41) is 0. The summed E-state index contributed by atoms with van der Waals surface area (Å²) in [6, 6.07) is 17.1. The highest BCUT2D eigenvalue weighted by molar-refractivity contribution is 14.1. The first-order chi connectivity index (χ1) is 6.77. The second kappa shape index (κ2) is 4.13. The lowest BCUT2D eigenvalue weighted by Gasteiger charge is -2.04. The standard InChI is InChI=1S/C13H11I/c1-10-6-8-11(9-7-10)12-4-2-3-5-13(12)14/h2-9H,1H3. The van der Waals surface area contributed by atoms with E-state index in [0.29, 0.717) is 0 Å². The van der Waals surface area contributed by atoms with Crippen LogP contribution >= 0.6 is 22.6 Å². The van der Waals surface area contributed by atoms with Crippen LogP contribution in [0, 0.1) is 10.5 Å². The van der Waals surface area contributed by atoms with Crippen LogP contribution in [0.5, 0.6) is 0 Å². The minimum Gasteiger partial charge on any atom is -0.0616 e. The van der Waals surface area contributed by atoms with Gasteiger partial charge in [0.1, 0.15) is 0 Å². The molecule has 0 spiro atoms. The molecule has 2 aromatic carbocycles. The average Bonchev–Trinajstić information content (AvgIpc) is 2.20. The molecule has 2 rings (SSSR count). The van der Waals surface area contributed by atoms with Gasteiger partial charge in [-0.25, -0.2) is 0 Å². The van der Waals surface area contributed by atoms with Crippen molar-refractivity contribution >= 4 is 22.6 Å². The Morgan fingerprint density at radius 2 is 1.50 bits per heavy atom. The van der Waals surface area contributed by atoms with Crippen LogP contribution in [0.25, 0.3) is 11.1 Å². The van der Waals surface area contributed by atoms with Crippen LogP contribution in [-0.2, 0) is 0 Å². The molecule has 0 nitrogen and oxygen atoms in total. The van der Waals surface area contributed by atoms with Crippen molar-refractivity contribution in [2.75, 3.05) is 0 Å². The number of benzene rings is 2. The molecule has 0 aliphatic rings. The van der Waals surface area contributed by atoms with Gasteiger partial charge in [0.25, 0.3) is 0 Å². The van der Waals surface area contributed by atoms with Crippen LogP contribution < -0.4 is 0 Å². The first-order valence-corrected chi connectivity index (χ1v) is 5.67. The van der Waals surface area contributed by atoms with Gasteiger partial charge < -0.3 is 0 Å². The predicted molar refractivity (Wildman–Crippen MR) is 69.3 cm³/mol. The maximum atomic E-state index is 2.37. The number of rotatable bonds is 1. The summed E-state index contributed by atoms with van der Waals surface area (Å²) in [7, 11) is 0. The lowest BCUT2D eigenvalue weighted by Crippen LogP contribution is -1.81. The average molecular weight is 294 g/mol. The zero-order chi connectivity index (χ0) is 9.97. The van der Waals surface area contributed by atoms with Gasteiger partial charge in [0.15, 0.2) is 0 Å². The van der Waals surface area contributed by atoms with E-state index in [4.69, 9.17) is 0 Å². The van der Waals surface area contributed by atoms with Gasteiger partial charge in [0.2, 0.25) is 0 Å². The third kappa shape index (κ3) is 1.98. The third-order valence-electron chi connectivity index (χ3n) is 2.24. The predicted octanol–water partition coefficient (Wildman–Crippen LogP) is 4.27. The Morgan fingerprint density at radius 3 is 2.14 bits per heavy atom. The van der Waals surface area contributed by atoms with Gasteiger partial charge >= 0.3 is 0 Å². The lowest BCUT2D eigenvalue weighted by atomic mass is 10.0. The normalized spacial score (nSPS) is 10.1. The molecule has 70 valence electrons. The van der Waals surface area contributed by atoms with Crippen molar-refractivity contribution in [3.05, 3.63) is 57.7 Å². The van der Waals surface area contributed by atoms with E-state index in [0.717, 1.165) is 0 Å². The van der Waals surface area contributed by atoms with E-state index in [1.54, 1.807) is 0 Å². The van der Waals surface area contributed by atoms with Gasteiger partial charge in [-0.2, -0.15) is 0 Å². The van der Waals surface area contributed by atoms with Gasteiger partial charge in [-0.1, -0.05) is 48.0 Å². The summed E-state index contributed by atoms with van der Waals surface area (Å²) >= 11 is 2.37. The summed E-state index contributed by atoms with van der Waals surface area (Å²) in [5.74, 6) is 0. The Morgan fingerprint density at radius 1 is 0.857 bits per heavy atom. The van der Waals surface area contributed by atoms with Gasteiger partial charge in [0.05, 0.1) is 0 Å². The first-order valence-electron chi connectivity index (χ1n) is 4.59. The Labute approximate surface area is 98.1 Å². The minimum atomic E-state index is 1.29. The molecule has 1 heteroatoms. The monoisotopic (exact) mass is 294 g/mol. The van der Waals surface area contributed by atoms with Gasteiger partial charge in [-0.05, 0) is 46.7 Å². The van der Waals surface area contributed by atoms with Crippen molar-refractivity contribution in [3.63, 3.8) is 0 Å².